The number of anilines is 1. The van der Waals surface area contributed by atoms with Gasteiger partial charge in [-0.3, -0.25) is 10.1 Å². The maximum absolute atomic E-state index is 12.6. The Kier molecular flexibility index (Phi) is 5.48. The molecule has 0 bridgehead atoms. The zero-order chi connectivity index (χ0) is 21.5. The predicted molar refractivity (Wildman–Crippen MR) is 119 cm³/mol. The third-order valence-corrected chi connectivity index (χ3v) is 8.06. The standard InChI is InChI=1S/C22H23N3O3S2/c1-14-4-5-17(12-15(14)2)20-13-29-22(23-20)24-21(26)16-6-10-19(11-7-16)30(27,28)25(3)18-8-9-18/h4-7,10-13,18H,8-9H2,1-3H3,(H,23,24,26). The minimum Gasteiger partial charge on any atom is -0.298 e. The van der Waals surface area contributed by atoms with Gasteiger partial charge in [-0.25, -0.2) is 13.4 Å². The maximum Gasteiger partial charge on any atom is 0.257 e. The van der Waals surface area contributed by atoms with Gasteiger partial charge in [0.05, 0.1) is 10.6 Å². The maximum atomic E-state index is 12.6. The zero-order valence-corrected chi connectivity index (χ0v) is 18.7. The van der Waals surface area contributed by atoms with E-state index in [2.05, 4.69) is 36.3 Å². The van der Waals surface area contributed by atoms with Gasteiger partial charge in [0, 0.05) is 29.6 Å². The van der Waals surface area contributed by atoms with E-state index in [4.69, 9.17) is 0 Å². The molecule has 0 spiro atoms. The van der Waals surface area contributed by atoms with Crippen molar-refractivity contribution in [2.75, 3.05) is 12.4 Å². The first-order valence-corrected chi connectivity index (χ1v) is 12.0. The summed E-state index contributed by atoms with van der Waals surface area (Å²) >= 11 is 1.35. The summed E-state index contributed by atoms with van der Waals surface area (Å²) < 4.78 is 26.6. The van der Waals surface area contributed by atoms with E-state index in [0.717, 1.165) is 24.1 Å². The van der Waals surface area contributed by atoms with E-state index in [-0.39, 0.29) is 16.8 Å². The highest BCUT2D eigenvalue weighted by molar-refractivity contribution is 7.89. The van der Waals surface area contributed by atoms with Crippen LogP contribution < -0.4 is 5.32 Å². The lowest BCUT2D eigenvalue weighted by Crippen LogP contribution is -2.29. The number of nitrogens with zero attached hydrogens (tertiary/aromatic N) is 2. The average Bonchev–Trinajstić information content (AvgIpc) is 3.48. The molecule has 1 amide bonds. The van der Waals surface area contributed by atoms with Crippen LogP contribution in [0.25, 0.3) is 11.3 Å². The van der Waals surface area contributed by atoms with Crippen molar-refractivity contribution in [1.29, 1.82) is 0 Å². The molecule has 0 aliphatic heterocycles. The van der Waals surface area contributed by atoms with Crippen LogP contribution in [-0.2, 0) is 10.0 Å². The lowest BCUT2D eigenvalue weighted by Gasteiger charge is -2.16. The Bertz CT molecular complexity index is 1200. The van der Waals surface area contributed by atoms with Gasteiger partial charge < -0.3 is 0 Å². The first-order chi connectivity index (χ1) is 14.3. The molecule has 1 saturated carbocycles. The topological polar surface area (TPSA) is 79.4 Å². The molecule has 4 rings (SSSR count). The van der Waals surface area contributed by atoms with Crippen LogP contribution in [0, 0.1) is 13.8 Å². The highest BCUT2D eigenvalue weighted by Crippen LogP contribution is 2.30. The van der Waals surface area contributed by atoms with Crippen LogP contribution in [0.4, 0.5) is 5.13 Å². The normalized spacial score (nSPS) is 14.1. The van der Waals surface area contributed by atoms with Gasteiger partial charge in [0.25, 0.3) is 5.91 Å². The van der Waals surface area contributed by atoms with Gasteiger partial charge in [0.1, 0.15) is 0 Å². The highest BCUT2D eigenvalue weighted by Gasteiger charge is 2.35. The molecule has 0 radical (unpaired) electrons. The summed E-state index contributed by atoms with van der Waals surface area (Å²) in [5.74, 6) is -0.324. The smallest absolute Gasteiger partial charge is 0.257 e. The Balaban J connectivity index is 1.46. The Morgan fingerprint density at radius 1 is 1.10 bits per heavy atom. The summed E-state index contributed by atoms with van der Waals surface area (Å²) in [6.07, 6.45) is 1.79. The lowest BCUT2D eigenvalue weighted by atomic mass is 10.1. The van der Waals surface area contributed by atoms with Crippen LogP contribution in [0.1, 0.15) is 34.3 Å². The highest BCUT2D eigenvalue weighted by atomic mass is 32.2. The molecular formula is C22H23N3O3S2. The Labute approximate surface area is 180 Å². The largest absolute Gasteiger partial charge is 0.298 e. The number of carbonyl (C=O) groups excluding carboxylic acids is 1. The monoisotopic (exact) mass is 441 g/mol. The molecule has 0 unspecified atom stereocenters. The van der Waals surface area contributed by atoms with Gasteiger partial charge in [-0.2, -0.15) is 4.31 Å². The minimum absolute atomic E-state index is 0.0920. The molecule has 1 aliphatic carbocycles. The van der Waals surface area contributed by atoms with Crippen molar-refractivity contribution < 1.29 is 13.2 Å². The minimum atomic E-state index is -3.52. The number of aromatic nitrogens is 1. The molecule has 1 fully saturated rings. The number of amides is 1. The molecule has 8 heteroatoms. The molecule has 6 nitrogen and oxygen atoms in total. The van der Waals surface area contributed by atoms with Crippen LogP contribution in [0.3, 0.4) is 0 Å². The fourth-order valence-electron chi connectivity index (χ4n) is 3.11. The van der Waals surface area contributed by atoms with Crippen molar-refractivity contribution in [3.05, 3.63) is 64.5 Å². The zero-order valence-electron chi connectivity index (χ0n) is 17.0. The van der Waals surface area contributed by atoms with Crippen LogP contribution in [0.2, 0.25) is 0 Å². The molecular weight excluding hydrogens is 418 g/mol. The fraction of sp³-hybridized carbons (Fsp3) is 0.273. The van der Waals surface area contributed by atoms with Crippen molar-refractivity contribution >= 4 is 32.4 Å². The van der Waals surface area contributed by atoms with E-state index in [0.29, 0.717) is 10.7 Å². The van der Waals surface area contributed by atoms with Crippen molar-refractivity contribution in [3.8, 4) is 11.3 Å². The van der Waals surface area contributed by atoms with E-state index in [1.54, 1.807) is 7.05 Å². The van der Waals surface area contributed by atoms with Gasteiger partial charge >= 0.3 is 0 Å². The van der Waals surface area contributed by atoms with Gasteiger partial charge in [0.15, 0.2) is 5.13 Å². The fourth-order valence-corrected chi connectivity index (χ4v) is 5.24. The quantitative estimate of drug-likeness (QED) is 0.612. The number of rotatable bonds is 6. The van der Waals surface area contributed by atoms with Crippen LogP contribution in [-0.4, -0.2) is 36.7 Å². The summed E-state index contributed by atoms with van der Waals surface area (Å²) in [7, 11) is -1.92. The molecule has 156 valence electrons. The first-order valence-electron chi connectivity index (χ1n) is 9.68. The number of hydrogen-bond acceptors (Lipinski definition) is 5. The first kappa shape index (κ1) is 20.7. The summed E-state index contributed by atoms with van der Waals surface area (Å²) in [5, 5.41) is 5.20. The summed E-state index contributed by atoms with van der Waals surface area (Å²) in [5.41, 5.74) is 4.60. The SMILES string of the molecule is Cc1ccc(-c2csc(NC(=O)c3ccc(S(=O)(=O)N(C)C4CC4)cc3)n2)cc1C. The molecule has 0 atom stereocenters. The molecule has 1 aromatic heterocycles. The van der Waals surface area contributed by atoms with Crippen molar-refractivity contribution in [3.63, 3.8) is 0 Å². The Morgan fingerprint density at radius 2 is 1.80 bits per heavy atom. The Morgan fingerprint density at radius 3 is 2.43 bits per heavy atom. The van der Waals surface area contributed by atoms with Gasteiger partial charge in [-0.15, -0.1) is 11.3 Å². The van der Waals surface area contributed by atoms with Crippen molar-refractivity contribution in [2.45, 2.75) is 37.6 Å². The third-order valence-electron chi connectivity index (χ3n) is 5.38. The molecule has 2 aromatic carbocycles. The molecule has 1 heterocycles. The lowest BCUT2D eigenvalue weighted by molar-refractivity contribution is 0.102. The van der Waals surface area contributed by atoms with E-state index < -0.39 is 10.0 Å². The number of thiazole rings is 1. The second-order valence-electron chi connectivity index (χ2n) is 7.57. The molecule has 30 heavy (non-hydrogen) atoms. The van der Waals surface area contributed by atoms with E-state index in [9.17, 15) is 13.2 Å². The van der Waals surface area contributed by atoms with E-state index >= 15 is 0 Å². The van der Waals surface area contributed by atoms with E-state index in [1.165, 1.54) is 51.0 Å². The molecule has 0 saturated heterocycles. The van der Waals surface area contributed by atoms with Crippen molar-refractivity contribution in [2.24, 2.45) is 0 Å². The summed E-state index contributed by atoms with van der Waals surface area (Å²) in [6, 6.07) is 12.3. The van der Waals surface area contributed by atoms with Crippen LogP contribution in [0.5, 0.6) is 0 Å². The summed E-state index contributed by atoms with van der Waals surface area (Å²) in [4.78, 5) is 17.3. The number of benzene rings is 2. The number of sulfonamides is 1. The van der Waals surface area contributed by atoms with Crippen LogP contribution >= 0.6 is 11.3 Å². The number of nitrogens with one attached hydrogen (secondary N) is 1. The van der Waals surface area contributed by atoms with Crippen molar-refractivity contribution in [1.82, 2.24) is 9.29 Å². The third kappa shape index (κ3) is 4.16. The second-order valence-corrected chi connectivity index (χ2v) is 10.4. The molecule has 1 N–H and O–H groups in total. The number of carbonyl (C=O) groups is 1. The Hall–Kier alpha value is -2.55. The number of aryl methyl sites for hydroxylation is 2. The number of hydrogen-bond donors (Lipinski definition) is 1. The molecule has 3 aromatic rings. The van der Waals surface area contributed by atoms with Crippen LogP contribution in [0.15, 0.2) is 52.7 Å². The average molecular weight is 442 g/mol. The predicted octanol–water partition coefficient (Wildman–Crippen LogP) is 4.46. The van der Waals surface area contributed by atoms with E-state index in [1.807, 2.05) is 11.4 Å². The molecule has 1 aliphatic rings. The second kappa shape index (κ2) is 7.94. The van der Waals surface area contributed by atoms with Gasteiger partial charge in [0.2, 0.25) is 10.0 Å². The summed E-state index contributed by atoms with van der Waals surface area (Å²) in [6.45, 7) is 4.12. The van der Waals surface area contributed by atoms with Gasteiger partial charge in [-0.1, -0.05) is 12.1 Å². The van der Waals surface area contributed by atoms with Gasteiger partial charge in [-0.05, 0) is 68.1 Å².